The van der Waals surface area contributed by atoms with E-state index < -0.39 is 18.4 Å². The van der Waals surface area contributed by atoms with E-state index in [1.165, 1.54) is 6.07 Å². The van der Waals surface area contributed by atoms with Gasteiger partial charge in [-0.3, -0.25) is 4.55 Å². The van der Waals surface area contributed by atoms with Crippen LogP contribution < -0.4 is 4.43 Å². The van der Waals surface area contributed by atoms with Crippen molar-refractivity contribution in [1.29, 1.82) is 0 Å². The second kappa shape index (κ2) is 6.33. The summed E-state index contributed by atoms with van der Waals surface area (Å²) in [5.41, 5.74) is 1.50. The van der Waals surface area contributed by atoms with Gasteiger partial charge in [-0.05, 0) is 43.1 Å². The minimum Gasteiger partial charge on any atom is -0.543 e. The Bertz CT molecular complexity index is 643. The third-order valence-electron chi connectivity index (χ3n) is 4.36. The van der Waals surface area contributed by atoms with Crippen LogP contribution in [0.2, 0.25) is 18.1 Å². The Balaban J connectivity index is 3.53. The zero-order chi connectivity index (χ0) is 17.3. The molecule has 0 spiro atoms. The molecule has 0 aliphatic heterocycles. The first-order valence-corrected chi connectivity index (χ1v) is 11.9. The fourth-order valence-electron chi connectivity index (χ4n) is 2.01. The van der Waals surface area contributed by atoms with Gasteiger partial charge in [-0.2, -0.15) is 8.42 Å². The Morgan fingerprint density at radius 3 is 2.18 bits per heavy atom. The highest BCUT2D eigenvalue weighted by molar-refractivity contribution is 7.85. The molecule has 126 valence electrons. The molecule has 0 radical (unpaired) electrons. The largest absolute Gasteiger partial charge is 0.543 e. The lowest BCUT2D eigenvalue weighted by Gasteiger charge is -2.37. The van der Waals surface area contributed by atoms with Crippen molar-refractivity contribution in [1.82, 2.24) is 0 Å². The molecule has 6 heteroatoms. The van der Waals surface area contributed by atoms with Crippen molar-refractivity contribution in [3.63, 3.8) is 0 Å². The normalized spacial score (nSPS) is 13.3. The Kier molecular flexibility index (Phi) is 5.53. The molecule has 0 aliphatic carbocycles. The topological polar surface area (TPSA) is 63.6 Å². The predicted molar refractivity (Wildman–Crippen MR) is 92.8 cm³/mol. The van der Waals surface area contributed by atoms with Gasteiger partial charge in [0.05, 0.1) is 0 Å². The second-order valence-corrected chi connectivity index (χ2v) is 13.4. The molecule has 22 heavy (non-hydrogen) atoms. The van der Waals surface area contributed by atoms with Gasteiger partial charge in [0.1, 0.15) is 10.6 Å². The Labute approximate surface area is 135 Å². The van der Waals surface area contributed by atoms with Gasteiger partial charge in [0.2, 0.25) is 0 Å². The predicted octanol–water partition coefficient (Wildman–Crippen LogP) is 4.58. The number of aryl methyl sites for hydroxylation is 1. The molecule has 1 rings (SSSR count). The van der Waals surface area contributed by atoms with Crippen molar-refractivity contribution in [2.24, 2.45) is 0 Å². The molecule has 1 aromatic carbocycles. The van der Waals surface area contributed by atoms with Gasteiger partial charge in [0.15, 0.2) is 0 Å². The van der Waals surface area contributed by atoms with Gasteiger partial charge in [-0.25, -0.2) is 0 Å². The quantitative estimate of drug-likeness (QED) is 0.627. The van der Waals surface area contributed by atoms with Gasteiger partial charge in [0, 0.05) is 5.56 Å². The Hall–Kier alpha value is -0.853. The fourth-order valence-corrected chi connectivity index (χ4v) is 3.85. The monoisotopic (exact) mass is 344 g/mol. The fraction of sp³-hybridized carbons (Fsp3) is 0.625. The summed E-state index contributed by atoms with van der Waals surface area (Å²) in [6, 6.07) is 3.17. The van der Waals surface area contributed by atoms with Crippen LogP contribution in [0.4, 0.5) is 0 Å². The van der Waals surface area contributed by atoms with Crippen LogP contribution >= 0.6 is 0 Å². The summed E-state index contributed by atoms with van der Waals surface area (Å²) in [6.07, 6.45) is 1.33. The minimum atomic E-state index is -4.25. The van der Waals surface area contributed by atoms with E-state index in [2.05, 4.69) is 33.9 Å². The van der Waals surface area contributed by atoms with E-state index in [0.29, 0.717) is 17.7 Å². The van der Waals surface area contributed by atoms with Crippen LogP contribution in [0.15, 0.2) is 17.0 Å². The summed E-state index contributed by atoms with van der Waals surface area (Å²) >= 11 is 0. The first-order valence-electron chi connectivity index (χ1n) is 7.60. The van der Waals surface area contributed by atoms with E-state index in [-0.39, 0.29) is 9.93 Å². The summed E-state index contributed by atoms with van der Waals surface area (Å²) in [5.74, 6) is 0.628. The summed E-state index contributed by atoms with van der Waals surface area (Å²) in [7, 11) is -6.35. The Morgan fingerprint density at radius 2 is 1.77 bits per heavy atom. The molecule has 4 nitrogen and oxygen atoms in total. The first-order chi connectivity index (χ1) is 9.81. The van der Waals surface area contributed by atoms with Crippen molar-refractivity contribution < 1.29 is 17.4 Å². The lowest BCUT2D eigenvalue weighted by atomic mass is 10.1. The molecule has 0 amide bonds. The number of benzene rings is 1. The smallest absolute Gasteiger partial charge is 0.294 e. The lowest BCUT2D eigenvalue weighted by Crippen LogP contribution is -2.44. The third-order valence-corrected chi connectivity index (χ3v) is 9.62. The highest BCUT2D eigenvalue weighted by Crippen LogP contribution is 2.40. The molecule has 0 fully saturated rings. The molecule has 0 unspecified atom stereocenters. The zero-order valence-electron chi connectivity index (χ0n) is 14.6. The SMILES string of the molecule is CCCc1c(S(=O)(=O)O)ccc(C)c1O[Si](C)(C)C(C)(C)C. The minimum absolute atomic E-state index is 0.0109. The van der Waals surface area contributed by atoms with Gasteiger partial charge < -0.3 is 4.43 Å². The van der Waals surface area contributed by atoms with E-state index in [1.807, 2.05) is 13.8 Å². The molecule has 0 saturated heterocycles. The van der Waals surface area contributed by atoms with E-state index >= 15 is 0 Å². The maximum Gasteiger partial charge on any atom is 0.294 e. The average Bonchev–Trinajstić information content (AvgIpc) is 2.30. The van der Waals surface area contributed by atoms with Crippen LogP contribution in [0.3, 0.4) is 0 Å². The highest BCUT2D eigenvalue weighted by atomic mass is 32.2. The van der Waals surface area contributed by atoms with Crippen LogP contribution in [0, 0.1) is 6.92 Å². The van der Waals surface area contributed by atoms with Crippen LogP contribution in [0.5, 0.6) is 5.75 Å². The molecular formula is C16H28O4SSi. The van der Waals surface area contributed by atoms with E-state index in [1.54, 1.807) is 6.07 Å². The lowest BCUT2D eigenvalue weighted by molar-refractivity contribution is 0.470. The van der Waals surface area contributed by atoms with Gasteiger partial charge in [-0.1, -0.05) is 40.2 Å². The van der Waals surface area contributed by atoms with Crippen molar-refractivity contribution in [3.8, 4) is 5.75 Å². The van der Waals surface area contributed by atoms with Crippen LogP contribution in [-0.2, 0) is 16.5 Å². The number of hydrogen-bond acceptors (Lipinski definition) is 3. The summed E-state index contributed by atoms with van der Waals surface area (Å²) in [6.45, 7) is 14.6. The van der Waals surface area contributed by atoms with Crippen molar-refractivity contribution >= 4 is 18.4 Å². The van der Waals surface area contributed by atoms with E-state index in [0.717, 1.165) is 12.0 Å². The highest BCUT2D eigenvalue weighted by Gasteiger charge is 2.40. The van der Waals surface area contributed by atoms with Gasteiger partial charge in [-0.15, -0.1) is 0 Å². The number of rotatable bonds is 5. The molecule has 0 aromatic heterocycles. The van der Waals surface area contributed by atoms with Crippen LogP contribution in [0.25, 0.3) is 0 Å². The summed E-state index contributed by atoms with van der Waals surface area (Å²) in [4.78, 5) is -0.0336. The second-order valence-electron chi connectivity index (χ2n) is 7.28. The van der Waals surface area contributed by atoms with Gasteiger partial charge in [0.25, 0.3) is 18.4 Å². The number of hydrogen-bond donors (Lipinski definition) is 1. The first kappa shape index (κ1) is 19.2. The van der Waals surface area contributed by atoms with Crippen LogP contribution in [-0.4, -0.2) is 21.3 Å². The molecule has 1 aromatic rings. The van der Waals surface area contributed by atoms with Crippen molar-refractivity contribution in [3.05, 3.63) is 23.3 Å². The third kappa shape index (κ3) is 4.11. The van der Waals surface area contributed by atoms with Crippen LogP contribution in [0.1, 0.15) is 45.2 Å². The molecule has 0 aliphatic rings. The molecular weight excluding hydrogens is 316 g/mol. The summed E-state index contributed by atoms with van der Waals surface area (Å²) in [5, 5.41) is 0.0109. The molecule has 0 heterocycles. The average molecular weight is 345 g/mol. The van der Waals surface area contributed by atoms with Crippen molar-refractivity contribution in [2.45, 2.75) is 70.5 Å². The summed E-state index contributed by atoms with van der Waals surface area (Å²) < 4.78 is 39.2. The maximum absolute atomic E-state index is 11.7. The van der Waals surface area contributed by atoms with E-state index in [4.69, 9.17) is 4.43 Å². The molecule has 1 N–H and O–H groups in total. The Morgan fingerprint density at radius 1 is 1.23 bits per heavy atom. The van der Waals surface area contributed by atoms with Gasteiger partial charge >= 0.3 is 0 Å². The molecule has 0 bridgehead atoms. The zero-order valence-corrected chi connectivity index (χ0v) is 16.5. The molecule has 0 saturated carbocycles. The standard InChI is InChI=1S/C16H28O4SSi/c1-8-9-13-14(21(17,18)19)11-10-12(2)15(13)20-22(6,7)16(3,4)5/h10-11H,8-9H2,1-7H3,(H,17,18,19). The van der Waals surface area contributed by atoms with Crippen molar-refractivity contribution in [2.75, 3.05) is 0 Å². The van der Waals surface area contributed by atoms with E-state index in [9.17, 15) is 13.0 Å². The molecule has 0 atom stereocenters. The maximum atomic E-state index is 11.7.